The molecule has 4 heteroatoms. The Balaban J connectivity index is 1.97. The van der Waals surface area contributed by atoms with Crippen molar-refractivity contribution in [2.75, 3.05) is 0 Å². The zero-order chi connectivity index (χ0) is 9.80. The summed E-state index contributed by atoms with van der Waals surface area (Å²) in [5.41, 5.74) is 2.64. The summed E-state index contributed by atoms with van der Waals surface area (Å²) in [6.45, 7) is 0. The molecule has 0 amide bonds. The first-order valence-corrected chi connectivity index (χ1v) is 5.88. The molecule has 1 aliphatic carbocycles. The lowest BCUT2D eigenvalue weighted by molar-refractivity contribution is 0.487. The summed E-state index contributed by atoms with van der Waals surface area (Å²) < 4.78 is 0. The summed E-state index contributed by atoms with van der Waals surface area (Å²) in [6, 6.07) is 2.56. The Morgan fingerprint density at radius 3 is 2.93 bits per heavy atom. The molecule has 0 aliphatic heterocycles. The quantitative estimate of drug-likeness (QED) is 0.827. The van der Waals surface area contributed by atoms with Crippen molar-refractivity contribution in [3.05, 3.63) is 16.6 Å². The minimum atomic E-state index is -0.218. The smallest absolute Gasteiger partial charge is 0.139 e. The largest absolute Gasteiger partial charge is 0.294 e. The first-order valence-electron chi connectivity index (χ1n) is 4.94. The van der Waals surface area contributed by atoms with Gasteiger partial charge < -0.3 is 0 Å². The second-order valence-corrected chi connectivity index (χ2v) is 4.34. The predicted octanol–water partition coefficient (Wildman–Crippen LogP) is 2.24. The van der Waals surface area contributed by atoms with Crippen LogP contribution in [0.3, 0.4) is 0 Å². The van der Waals surface area contributed by atoms with E-state index < -0.39 is 0 Å². The van der Waals surface area contributed by atoms with Crippen LogP contribution in [0.1, 0.15) is 37.4 Å². The van der Waals surface area contributed by atoms with E-state index in [4.69, 9.17) is 5.26 Å². The van der Waals surface area contributed by atoms with Crippen molar-refractivity contribution in [3.63, 3.8) is 0 Å². The fourth-order valence-electron chi connectivity index (χ4n) is 1.88. The molecule has 1 fully saturated rings. The van der Waals surface area contributed by atoms with E-state index in [1.165, 1.54) is 37.0 Å². The number of nitriles is 1. The Kier molecular flexibility index (Phi) is 3.12. The Bertz CT molecular complexity index is 309. The van der Waals surface area contributed by atoms with Gasteiger partial charge in [-0.3, -0.25) is 5.32 Å². The van der Waals surface area contributed by atoms with Gasteiger partial charge in [0.15, 0.2) is 0 Å². The highest BCUT2D eigenvalue weighted by molar-refractivity contribution is 7.07. The van der Waals surface area contributed by atoms with E-state index in [9.17, 15) is 0 Å². The van der Waals surface area contributed by atoms with Gasteiger partial charge in [0, 0.05) is 11.4 Å². The molecule has 1 atom stereocenters. The third-order valence-corrected chi connectivity index (χ3v) is 3.24. The first-order chi connectivity index (χ1) is 6.90. The molecule has 1 aromatic heterocycles. The monoisotopic (exact) mass is 207 g/mol. The van der Waals surface area contributed by atoms with Crippen LogP contribution in [-0.2, 0) is 0 Å². The maximum absolute atomic E-state index is 9.01. The molecule has 0 spiro atoms. The van der Waals surface area contributed by atoms with E-state index in [0.717, 1.165) is 5.69 Å². The zero-order valence-corrected chi connectivity index (χ0v) is 8.76. The summed E-state index contributed by atoms with van der Waals surface area (Å²) in [4.78, 5) is 4.16. The maximum atomic E-state index is 9.01. The minimum Gasteiger partial charge on any atom is -0.294 e. The van der Waals surface area contributed by atoms with Gasteiger partial charge in [-0.25, -0.2) is 4.98 Å². The van der Waals surface area contributed by atoms with E-state index in [1.54, 1.807) is 5.51 Å². The number of aromatic nitrogens is 1. The standard InChI is InChI=1S/C10H13N3S/c11-5-9(10-6-14-7-12-10)13-8-3-1-2-4-8/h6-9,13H,1-4H2. The van der Waals surface area contributed by atoms with Gasteiger partial charge in [-0.1, -0.05) is 12.8 Å². The number of hydrogen-bond donors (Lipinski definition) is 1. The molecule has 0 radical (unpaired) electrons. The van der Waals surface area contributed by atoms with Crippen molar-refractivity contribution in [1.29, 1.82) is 5.26 Å². The third kappa shape index (κ3) is 2.11. The number of rotatable bonds is 3. The molecule has 1 aromatic rings. The van der Waals surface area contributed by atoms with Crippen LogP contribution in [0.25, 0.3) is 0 Å². The molecule has 74 valence electrons. The summed E-state index contributed by atoms with van der Waals surface area (Å²) in [6.07, 6.45) is 4.96. The second kappa shape index (κ2) is 4.54. The van der Waals surface area contributed by atoms with Gasteiger partial charge in [-0.15, -0.1) is 11.3 Å². The highest BCUT2D eigenvalue weighted by Gasteiger charge is 2.20. The molecular formula is C10H13N3S. The van der Waals surface area contributed by atoms with E-state index in [0.29, 0.717) is 6.04 Å². The van der Waals surface area contributed by atoms with Gasteiger partial charge in [-0.05, 0) is 12.8 Å². The highest BCUT2D eigenvalue weighted by atomic mass is 32.1. The van der Waals surface area contributed by atoms with Crippen molar-refractivity contribution in [2.24, 2.45) is 0 Å². The van der Waals surface area contributed by atoms with Gasteiger partial charge in [0.2, 0.25) is 0 Å². The average Bonchev–Trinajstić information content (AvgIpc) is 2.86. The first kappa shape index (κ1) is 9.63. The van der Waals surface area contributed by atoms with Gasteiger partial charge in [0.25, 0.3) is 0 Å². The predicted molar refractivity (Wildman–Crippen MR) is 55.9 cm³/mol. The average molecular weight is 207 g/mol. The van der Waals surface area contributed by atoms with E-state index >= 15 is 0 Å². The van der Waals surface area contributed by atoms with Gasteiger partial charge in [0.05, 0.1) is 17.3 Å². The molecular weight excluding hydrogens is 194 g/mol. The van der Waals surface area contributed by atoms with Crippen LogP contribution >= 0.6 is 11.3 Å². The Morgan fingerprint density at radius 2 is 2.36 bits per heavy atom. The summed E-state index contributed by atoms with van der Waals surface area (Å²) in [7, 11) is 0. The molecule has 3 nitrogen and oxygen atoms in total. The van der Waals surface area contributed by atoms with Crippen molar-refractivity contribution < 1.29 is 0 Å². The molecule has 1 saturated carbocycles. The molecule has 0 saturated heterocycles. The SMILES string of the molecule is N#CC(NC1CCCC1)c1cscn1. The molecule has 14 heavy (non-hydrogen) atoms. The van der Waals surface area contributed by atoms with Crippen LogP contribution in [0.15, 0.2) is 10.9 Å². The lowest BCUT2D eigenvalue weighted by Gasteiger charge is -2.15. The van der Waals surface area contributed by atoms with Crippen molar-refractivity contribution in [1.82, 2.24) is 10.3 Å². The fraction of sp³-hybridized carbons (Fsp3) is 0.600. The molecule has 1 N–H and O–H groups in total. The van der Waals surface area contributed by atoms with Crippen molar-refractivity contribution in [3.8, 4) is 6.07 Å². The number of thiazole rings is 1. The molecule has 1 heterocycles. The summed E-state index contributed by atoms with van der Waals surface area (Å²) >= 11 is 1.54. The Morgan fingerprint density at radius 1 is 1.57 bits per heavy atom. The maximum Gasteiger partial charge on any atom is 0.139 e. The highest BCUT2D eigenvalue weighted by Crippen LogP contribution is 2.21. The Labute approximate surface area is 87.8 Å². The van der Waals surface area contributed by atoms with Crippen molar-refractivity contribution >= 4 is 11.3 Å². The lowest BCUT2D eigenvalue weighted by atomic mass is 10.2. The van der Waals surface area contributed by atoms with Crippen molar-refractivity contribution in [2.45, 2.75) is 37.8 Å². The molecule has 0 bridgehead atoms. The van der Waals surface area contributed by atoms with E-state index in [-0.39, 0.29) is 6.04 Å². The van der Waals surface area contributed by atoms with E-state index in [1.807, 2.05) is 5.38 Å². The van der Waals surface area contributed by atoms with Crippen LogP contribution in [0, 0.1) is 11.3 Å². The third-order valence-electron chi connectivity index (χ3n) is 2.63. The molecule has 1 aliphatic rings. The number of nitrogens with one attached hydrogen (secondary N) is 1. The van der Waals surface area contributed by atoms with Crippen LogP contribution in [0.4, 0.5) is 0 Å². The molecule has 2 rings (SSSR count). The fourth-order valence-corrected chi connectivity index (χ4v) is 2.46. The van der Waals surface area contributed by atoms with Gasteiger partial charge >= 0.3 is 0 Å². The molecule has 0 aromatic carbocycles. The van der Waals surface area contributed by atoms with Crippen LogP contribution in [-0.4, -0.2) is 11.0 Å². The van der Waals surface area contributed by atoms with Gasteiger partial charge in [0.1, 0.15) is 6.04 Å². The Hall–Kier alpha value is -0.920. The normalized spacial score (nSPS) is 19.4. The topological polar surface area (TPSA) is 48.7 Å². The second-order valence-electron chi connectivity index (χ2n) is 3.62. The number of nitrogens with zero attached hydrogens (tertiary/aromatic N) is 2. The van der Waals surface area contributed by atoms with E-state index in [2.05, 4.69) is 16.4 Å². The number of hydrogen-bond acceptors (Lipinski definition) is 4. The minimum absolute atomic E-state index is 0.218. The van der Waals surface area contributed by atoms with Crippen LogP contribution < -0.4 is 5.32 Å². The summed E-state index contributed by atoms with van der Waals surface area (Å²) in [5.74, 6) is 0. The molecule has 1 unspecified atom stereocenters. The summed E-state index contributed by atoms with van der Waals surface area (Å²) in [5, 5.41) is 14.3. The zero-order valence-electron chi connectivity index (χ0n) is 7.94. The van der Waals surface area contributed by atoms with Gasteiger partial charge in [-0.2, -0.15) is 5.26 Å². The van der Waals surface area contributed by atoms with Crippen LogP contribution in [0.2, 0.25) is 0 Å². The van der Waals surface area contributed by atoms with Crippen LogP contribution in [0.5, 0.6) is 0 Å². The lowest BCUT2D eigenvalue weighted by Crippen LogP contribution is -2.29.